The summed E-state index contributed by atoms with van der Waals surface area (Å²) >= 11 is 0. The first-order valence-electron chi connectivity index (χ1n) is 12.7. The highest BCUT2D eigenvalue weighted by atomic mass is 32.2. The van der Waals surface area contributed by atoms with Crippen LogP contribution in [0, 0.1) is 20.2 Å². The average molecular weight is 549 g/mol. The molecule has 2 aliphatic rings. The first kappa shape index (κ1) is 29.0. The van der Waals surface area contributed by atoms with Crippen LogP contribution in [0.2, 0.25) is 0 Å². The third-order valence-corrected chi connectivity index (χ3v) is 8.08. The van der Waals surface area contributed by atoms with Crippen molar-refractivity contribution >= 4 is 44.1 Å². The van der Waals surface area contributed by atoms with Crippen LogP contribution in [0.25, 0.3) is 0 Å². The summed E-state index contributed by atoms with van der Waals surface area (Å²) in [5, 5.41) is 25.2. The molecule has 0 unspecified atom stereocenters. The number of anilines is 4. The van der Waals surface area contributed by atoms with Crippen molar-refractivity contribution in [2.45, 2.75) is 38.5 Å². The van der Waals surface area contributed by atoms with Gasteiger partial charge in [-0.1, -0.05) is 0 Å². The largest absolute Gasteiger partial charge is 0.388 e. The zero-order chi connectivity index (χ0) is 27.9. The van der Waals surface area contributed by atoms with E-state index < -0.39 is 14.9 Å². The smallest absolute Gasteiger partial charge is 0.292 e. The molecule has 2 fully saturated rings. The van der Waals surface area contributed by atoms with E-state index in [0.29, 0.717) is 11.4 Å². The Morgan fingerprint density at radius 1 is 0.789 bits per heavy atom. The Morgan fingerprint density at radius 3 is 1.66 bits per heavy atom. The van der Waals surface area contributed by atoms with Gasteiger partial charge < -0.3 is 15.1 Å². The number of nitrogens with one attached hydrogen (secondary N) is 1. The number of nitrogens with zero attached hydrogens (tertiary/aromatic N) is 5. The molecule has 2 heterocycles. The van der Waals surface area contributed by atoms with E-state index in [-0.39, 0.29) is 16.3 Å². The van der Waals surface area contributed by atoms with Crippen molar-refractivity contribution in [2.75, 3.05) is 66.0 Å². The van der Waals surface area contributed by atoms with Gasteiger partial charge in [-0.2, -0.15) is 0 Å². The zero-order valence-electron chi connectivity index (χ0n) is 22.1. The molecule has 1 N–H and O–H groups in total. The Kier molecular flexibility index (Phi) is 9.72. The van der Waals surface area contributed by atoms with Gasteiger partial charge >= 0.3 is 0 Å². The van der Waals surface area contributed by atoms with E-state index in [4.69, 9.17) is 0 Å². The SMILES string of the molecule is CN(c1ccc([N+](=O)[O-])c(N2CCCCC2)c1)S(C)(=O)=O.CNc1ccc([N+](=O)[O-])c(N2CCCCC2)c1. The van der Waals surface area contributed by atoms with Gasteiger partial charge in [-0.15, -0.1) is 0 Å². The fraction of sp³-hybridized carbons (Fsp3) is 0.520. The molecule has 0 saturated carbocycles. The number of rotatable bonds is 7. The lowest BCUT2D eigenvalue weighted by atomic mass is 10.1. The summed E-state index contributed by atoms with van der Waals surface area (Å²) in [6.45, 7) is 3.34. The van der Waals surface area contributed by atoms with E-state index in [1.165, 1.54) is 25.6 Å². The van der Waals surface area contributed by atoms with E-state index in [0.717, 1.165) is 80.2 Å². The molecule has 208 valence electrons. The molecule has 0 aliphatic carbocycles. The minimum atomic E-state index is -3.39. The molecule has 2 aliphatic heterocycles. The zero-order valence-corrected chi connectivity index (χ0v) is 22.9. The summed E-state index contributed by atoms with van der Waals surface area (Å²) in [4.78, 5) is 25.6. The lowest BCUT2D eigenvalue weighted by Crippen LogP contribution is -2.30. The third-order valence-electron chi connectivity index (χ3n) is 6.87. The molecule has 13 heteroatoms. The standard InChI is InChI=1S/C13H19N3O4S.C12H17N3O2/c1-14(21(2,19)20)11-6-7-12(16(17)18)13(10-11)15-8-4-3-5-9-15;1-13-10-5-6-11(15(16)17)12(9-10)14-7-3-2-4-8-14/h6-7,10H,3-5,8-9H2,1-2H3;5-6,9,13H,2-4,7-8H2,1H3. The van der Waals surface area contributed by atoms with Crippen LogP contribution in [-0.2, 0) is 10.0 Å². The summed E-state index contributed by atoms with van der Waals surface area (Å²) in [7, 11) is -0.130. The van der Waals surface area contributed by atoms with Gasteiger partial charge in [0, 0.05) is 58.1 Å². The summed E-state index contributed by atoms with van der Waals surface area (Å²) in [5.41, 5.74) is 2.79. The molecule has 0 atom stereocenters. The van der Waals surface area contributed by atoms with Gasteiger partial charge in [0.1, 0.15) is 11.4 Å². The van der Waals surface area contributed by atoms with Crippen molar-refractivity contribution in [3.8, 4) is 0 Å². The van der Waals surface area contributed by atoms with Crippen molar-refractivity contribution in [1.29, 1.82) is 0 Å². The molecule has 0 aromatic heterocycles. The van der Waals surface area contributed by atoms with Crippen molar-refractivity contribution < 1.29 is 18.3 Å². The lowest BCUT2D eigenvalue weighted by molar-refractivity contribution is -0.384. The molecule has 2 saturated heterocycles. The maximum absolute atomic E-state index is 11.6. The number of nitro groups is 2. The molecule has 0 radical (unpaired) electrons. The summed E-state index contributed by atoms with van der Waals surface area (Å²) in [6.07, 6.45) is 7.65. The van der Waals surface area contributed by atoms with Crippen LogP contribution >= 0.6 is 0 Å². The molecule has 38 heavy (non-hydrogen) atoms. The fourth-order valence-corrected chi connectivity index (χ4v) is 5.16. The predicted octanol–water partition coefficient (Wildman–Crippen LogP) is 4.61. The normalized spacial score (nSPS) is 15.8. The number of piperidine rings is 2. The molecule has 0 bridgehead atoms. The van der Waals surface area contributed by atoms with E-state index in [9.17, 15) is 28.6 Å². The second-order valence-corrected chi connectivity index (χ2v) is 11.5. The first-order chi connectivity index (χ1) is 18.0. The molecule has 2 aromatic rings. The Morgan fingerprint density at radius 2 is 1.24 bits per heavy atom. The number of nitro benzene ring substituents is 2. The molecular formula is C25H36N6O6S. The fourth-order valence-electron chi connectivity index (χ4n) is 4.66. The quantitative estimate of drug-likeness (QED) is 0.388. The van der Waals surface area contributed by atoms with Crippen LogP contribution < -0.4 is 19.4 Å². The average Bonchev–Trinajstić information content (AvgIpc) is 2.92. The van der Waals surface area contributed by atoms with E-state index in [1.807, 2.05) is 18.0 Å². The Bertz CT molecular complexity index is 1240. The molecular weight excluding hydrogens is 512 g/mol. The molecule has 0 amide bonds. The monoisotopic (exact) mass is 548 g/mol. The van der Waals surface area contributed by atoms with Crippen LogP contribution in [0.1, 0.15) is 38.5 Å². The minimum Gasteiger partial charge on any atom is -0.388 e. The molecule has 2 aromatic carbocycles. The van der Waals surface area contributed by atoms with Gasteiger partial charge in [-0.3, -0.25) is 24.5 Å². The van der Waals surface area contributed by atoms with Gasteiger partial charge in [-0.05, 0) is 62.8 Å². The second-order valence-electron chi connectivity index (χ2n) is 9.47. The van der Waals surface area contributed by atoms with Crippen molar-refractivity contribution in [3.05, 3.63) is 56.6 Å². The summed E-state index contributed by atoms with van der Waals surface area (Å²) in [5.74, 6) is 0. The number of hydrogen-bond acceptors (Lipinski definition) is 9. The Labute approximate surface area is 223 Å². The van der Waals surface area contributed by atoms with Gasteiger partial charge in [0.05, 0.1) is 21.8 Å². The van der Waals surface area contributed by atoms with E-state index in [1.54, 1.807) is 18.2 Å². The Hall–Kier alpha value is -3.61. The number of benzene rings is 2. The molecule has 4 rings (SSSR count). The van der Waals surface area contributed by atoms with Crippen LogP contribution in [0.3, 0.4) is 0 Å². The van der Waals surface area contributed by atoms with Gasteiger partial charge in [-0.25, -0.2) is 8.42 Å². The van der Waals surface area contributed by atoms with Crippen LogP contribution in [0.15, 0.2) is 36.4 Å². The topological polar surface area (TPSA) is 142 Å². The lowest BCUT2D eigenvalue weighted by Gasteiger charge is -2.29. The Balaban J connectivity index is 0.000000215. The maximum Gasteiger partial charge on any atom is 0.292 e. The molecule has 0 spiro atoms. The van der Waals surface area contributed by atoms with Gasteiger partial charge in [0.25, 0.3) is 11.4 Å². The van der Waals surface area contributed by atoms with E-state index in [2.05, 4.69) is 10.2 Å². The highest BCUT2D eigenvalue weighted by molar-refractivity contribution is 7.92. The molecule has 12 nitrogen and oxygen atoms in total. The van der Waals surface area contributed by atoms with Crippen molar-refractivity contribution in [1.82, 2.24) is 0 Å². The van der Waals surface area contributed by atoms with E-state index >= 15 is 0 Å². The third kappa shape index (κ3) is 7.24. The minimum absolute atomic E-state index is 0.0163. The first-order valence-corrected chi connectivity index (χ1v) is 14.6. The van der Waals surface area contributed by atoms with Crippen molar-refractivity contribution in [3.63, 3.8) is 0 Å². The van der Waals surface area contributed by atoms with Crippen LogP contribution in [0.4, 0.5) is 34.1 Å². The number of hydrogen-bond donors (Lipinski definition) is 1. The summed E-state index contributed by atoms with van der Waals surface area (Å²) in [6, 6.07) is 9.61. The van der Waals surface area contributed by atoms with Crippen LogP contribution in [0.5, 0.6) is 0 Å². The maximum atomic E-state index is 11.6. The highest BCUT2D eigenvalue weighted by Crippen LogP contribution is 2.35. The predicted molar refractivity (Wildman–Crippen MR) is 151 cm³/mol. The van der Waals surface area contributed by atoms with Gasteiger partial charge in [0.15, 0.2) is 0 Å². The highest BCUT2D eigenvalue weighted by Gasteiger charge is 2.24. The van der Waals surface area contributed by atoms with Crippen molar-refractivity contribution in [2.24, 2.45) is 0 Å². The van der Waals surface area contributed by atoms with Crippen LogP contribution in [-0.4, -0.2) is 64.8 Å². The van der Waals surface area contributed by atoms with Gasteiger partial charge in [0.2, 0.25) is 10.0 Å². The number of sulfonamides is 1. The second kappa shape index (κ2) is 12.8. The summed E-state index contributed by atoms with van der Waals surface area (Å²) < 4.78 is 24.4.